The fourth-order valence-corrected chi connectivity index (χ4v) is 2.23. The van der Waals surface area contributed by atoms with Gasteiger partial charge >= 0.3 is 0 Å². The molecule has 1 aliphatic heterocycles. The first-order chi connectivity index (χ1) is 8.23. The van der Waals surface area contributed by atoms with Crippen molar-refractivity contribution in [2.75, 3.05) is 19.8 Å². The summed E-state index contributed by atoms with van der Waals surface area (Å²) in [6.07, 6.45) is 3.98. The van der Waals surface area contributed by atoms with Gasteiger partial charge in [0.25, 0.3) is 0 Å². The molecule has 1 fully saturated rings. The van der Waals surface area contributed by atoms with Crippen LogP contribution in [0.15, 0.2) is 18.3 Å². The highest BCUT2D eigenvalue weighted by Crippen LogP contribution is 2.17. The van der Waals surface area contributed by atoms with Crippen molar-refractivity contribution >= 4 is 0 Å². The van der Waals surface area contributed by atoms with Crippen molar-refractivity contribution in [1.29, 1.82) is 0 Å². The summed E-state index contributed by atoms with van der Waals surface area (Å²) in [5, 5.41) is 13.4. The van der Waals surface area contributed by atoms with Crippen molar-refractivity contribution in [2.24, 2.45) is 0 Å². The van der Waals surface area contributed by atoms with Gasteiger partial charge in [-0.1, -0.05) is 6.92 Å². The summed E-state index contributed by atoms with van der Waals surface area (Å²) in [7, 11) is 0. The topological polar surface area (TPSA) is 46.4 Å². The fourth-order valence-electron chi connectivity index (χ4n) is 2.23. The fraction of sp³-hybridized carbons (Fsp3) is 0.692. The summed E-state index contributed by atoms with van der Waals surface area (Å²) in [4.78, 5) is 0. The quantitative estimate of drug-likeness (QED) is 0.781. The van der Waals surface area contributed by atoms with Crippen LogP contribution in [-0.4, -0.2) is 35.0 Å². The van der Waals surface area contributed by atoms with E-state index in [1.807, 2.05) is 0 Å². The van der Waals surface area contributed by atoms with Gasteiger partial charge in [0, 0.05) is 44.6 Å². The smallest absolute Gasteiger partial charge is 0.103 e. The molecule has 17 heavy (non-hydrogen) atoms. The SMILES string of the molecule is CCCn1cccc1CNCC1(O)CCOC1. The molecule has 0 aliphatic carbocycles. The van der Waals surface area contributed by atoms with Crippen LogP contribution in [0.2, 0.25) is 0 Å². The predicted molar refractivity (Wildman–Crippen MR) is 66.8 cm³/mol. The number of rotatable bonds is 6. The molecule has 4 nitrogen and oxygen atoms in total. The Hall–Kier alpha value is -0.840. The summed E-state index contributed by atoms with van der Waals surface area (Å²) in [6.45, 7) is 5.76. The Morgan fingerprint density at radius 2 is 2.47 bits per heavy atom. The highest BCUT2D eigenvalue weighted by molar-refractivity contribution is 5.07. The van der Waals surface area contributed by atoms with E-state index in [0.717, 1.165) is 25.9 Å². The van der Waals surface area contributed by atoms with E-state index in [0.29, 0.717) is 19.8 Å². The van der Waals surface area contributed by atoms with Gasteiger partial charge in [0.05, 0.1) is 6.61 Å². The Kier molecular flexibility index (Phi) is 4.20. The minimum atomic E-state index is -0.665. The first-order valence-corrected chi connectivity index (χ1v) is 6.38. The third-order valence-corrected chi connectivity index (χ3v) is 3.23. The van der Waals surface area contributed by atoms with E-state index in [4.69, 9.17) is 4.74 Å². The lowest BCUT2D eigenvalue weighted by Crippen LogP contribution is -2.41. The number of aromatic nitrogens is 1. The zero-order chi connectivity index (χ0) is 12.1. The van der Waals surface area contributed by atoms with Crippen molar-refractivity contribution in [1.82, 2.24) is 9.88 Å². The molecule has 0 amide bonds. The lowest BCUT2D eigenvalue weighted by atomic mass is 10.0. The molecule has 0 bridgehead atoms. The lowest BCUT2D eigenvalue weighted by Gasteiger charge is -2.21. The molecule has 0 saturated carbocycles. The second kappa shape index (κ2) is 5.67. The maximum absolute atomic E-state index is 10.1. The van der Waals surface area contributed by atoms with Crippen molar-refractivity contribution in [2.45, 2.75) is 38.5 Å². The molecule has 1 aromatic heterocycles. The van der Waals surface area contributed by atoms with Crippen LogP contribution in [0.5, 0.6) is 0 Å². The maximum Gasteiger partial charge on any atom is 0.103 e. The number of hydrogen-bond donors (Lipinski definition) is 2. The van der Waals surface area contributed by atoms with Crippen LogP contribution in [0.25, 0.3) is 0 Å². The molecule has 0 radical (unpaired) electrons. The van der Waals surface area contributed by atoms with Gasteiger partial charge in [-0.3, -0.25) is 0 Å². The van der Waals surface area contributed by atoms with Gasteiger partial charge in [0.2, 0.25) is 0 Å². The molecule has 2 N–H and O–H groups in total. The van der Waals surface area contributed by atoms with Crippen LogP contribution in [0.4, 0.5) is 0 Å². The summed E-state index contributed by atoms with van der Waals surface area (Å²) in [6, 6.07) is 4.19. The summed E-state index contributed by atoms with van der Waals surface area (Å²) < 4.78 is 7.47. The van der Waals surface area contributed by atoms with E-state index < -0.39 is 5.60 Å². The zero-order valence-corrected chi connectivity index (χ0v) is 10.5. The lowest BCUT2D eigenvalue weighted by molar-refractivity contribution is 0.0267. The van der Waals surface area contributed by atoms with Gasteiger partial charge in [-0.2, -0.15) is 0 Å². The second-order valence-corrected chi connectivity index (χ2v) is 4.82. The molecule has 0 aromatic carbocycles. The summed E-state index contributed by atoms with van der Waals surface area (Å²) >= 11 is 0. The monoisotopic (exact) mass is 238 g/mol. The molecule has 1 aromatic rings. The molecular weight excluding hydrogens is 216 g/mol. The Morgan fingerprint density at radius 1 is 1.59 bits per heavy atom. The Bertz CT molecular complexity index is 343. The minimum absolute atomic E-state index is 0.454. The summed E-state index contributed by atoms with van der Waals surface area (Å²) in [5.41, 5.74) is 0.608. The highest BCUT2D eigenvalue weighted by Gasteiger charge is 2.31. The number of ether oxygens (including phenoxy) is 1. The minimum Gasteiger partial charge on any atom is -0.386 e. The molecule has 0 spiro atoms. The van der Waals surface area contributed by atoms with Crippen LogP contribution in [-0.2, 0) is 17.8 Å². The van der Waals surface area contributed by atoms with Crippen molar-refractivity contribution in [3.05, 3.63) is 24.0 Å². The summed E-state index contributed by atoms with van der Waals surface area (Å²) in [5.74, 6) is 0. The molecule has 1 aliphatic rings. The largest absolute Gasteiger partial charge is 0.386 e. The van der Waals surface area contributed by atoms with E-state index >= 15 is 0 Å². The van der Waals surface area contributed by atoms with Gasteiger partial charge in [0.1, 0.15) is 5.60 Å². The molecule has 2 rings (SSSR count). The molecule has 1 saturated heterocycles. The van der Waals surface area contributed by atoms with Crippen LogP contribution in [0.3, 0.4) is 0 Å². The van der Waals surface area contributed by atoms with Crippen molar-refractivity contribution in [3.63, 3.8) is 0 Å². The third kappa shape index (κ3) is 3.31. The highest BCUT2D eigenvalue weighted by atomic mass is 16.5. The molecule has 4 heteroatoms. The normalized spacial score (nSPS) is 24.4. The standard InChI is InChI=1S/C13H22N2O2/c1-2-6-15-7-3-4-12(15)9-14-10-13(16)5-8-17-11-13/h3-4,7,14,16H,2,5-6,8-11H2,1H3. The van der Waals surface area contributed by atoms with Gasteiger partial charge in [-0.15, -0.1) is 0 Å². The van der Waals surface area contributed by atoms with E-state index in [1.165, 1.54) is 5.69 Å². The van der Waals surface area contributed by atoms with Crippen molar-refractivity contribution < 1.29 is 9.84 Å². The molecular formula is C13H22N2O2. The van der Waals surface area contributed by atoms with Crippen LogP contribution in [0, 0.1) is 0 Å². The van der Waals surface area contributed by atoms with E-state index in [-0.39, 0.29) is 0 Å². The van der Waals surface area contributed by atoms with Crippen LogP contribution < -0.4 is 5.32 Å². The van der Waals surface area contributed by atoms with Gasteiger partial charge < -0.3 is 19.7 Å². The third-order valence-electron chi connectivity index (χ3n) is 3.23. The second-order valence-electron chi connectivity index (χ2n) is 4.82. The number of hydrogen-bond acceptors (Lipinski definition) is 3. The molecule has 96 valence electrons. The average molecular weight is 238 g/mol. The Labute approximate surface area is 103 Å². The molecule has 2 heterocycles. The van der Waals surface area contributed by atoms with Crippen LogP contribution >= 0.6 is 0 Å². The number of nitrogens with one attached hydrogen (secondary N) is 1. The maximum atomic E-state index is 10.1. The van der Waals surface area contributed by atoms with E-state index in [1.54, 1.807) is 0 Å². The van der Waals surface area contributed by atoms with Gasteiger partial charge in [0.15, 0.2) is 0 Å². The average Bonchev–Trinajstić information content (AvgIpc) is 2.90. The predicted octanol–water partition coefficient (Wildman–Crippen LogP) is 1.14. The first kappa shape index (κ1) is 12.6. The van der Waals surface area contributed by atoms with Gasteiger partial charge in [-0.05, 0) is 18.6 Å². The number of aliphatic hydroxyl groups is 1. The number of nitrogens with zero attached hydrogens (tertiary/aromatic N) is 1. The van der Waals surface area contributed by atoms with E-state index in [9.17, 15) is 5.11 Å². The van der Waals surface area contributed by atoms with Gasteiger partial charge in [-0.25, -0.2) is 0 Å². The van der Waals surface area contributed by atoms with E-state index in [2.05, 4.69) is 35.1 Å². The van der Waals surface area contributed by atoms with Crippen molar-refractivity contribution in [3.8, 4) is 0 Å². The van der Waals surface area contributed by atoms with Crippen LogP contribution in [0.1, 0.15) is 25.5 Å². The number of aryl methyl sites for hydroxylation is 1. The molecule has 1 atom stereocenters. The first-order valence-electron chi connectivity index (χ1n) is 6.38. The molecule has 1 unspecified atom stereocenters. The Balaban J connectivity index is 1.79. The Morgan fingerprint density at radius 3 is 3.18 bits per heavy atom. The zero-order valence-electron chi connectivity index (χ0n) is 10.5.